The van der Waals surface area contributed by atoms with Gasteiger partial charge in [-0.25, -0.2) is 0 Å². The number of benzene rings is 1. The molecule has 0 saturated heterocycles. The molecule has 0 amide bonds. The summed E-state index contributed by atoms with van der Waals surface area (Å²) < 4.78 is 5.78. The van der Waals surface area contributed by atoms with Crippen LogP contribution in [0.3, 0.4) is 0 Å². The molecular weight excluding hydrogens is 236 g/mol. The van der Waals surface area contributed by atoms with Crippen LogP contribution in [0.2, 0.25) is 0 Å². The zero-order chi connectivity index (χ0) is 13.5. The minimum Gasteiger partial charge on any atom is -0.492 e. The number of rotatable bonds is 8. The molecule has 3 nitrogen and oxygen atoms in total. The summed E-state index contributed by atoms with van der Waals surface area (Å²) in [6, 6.07) is 8.34. The Labute approximate surface area is 116 Å². The Morgan fingerprint density at radius 1 is 1.26 bits per heavy atom. The van der Waals surface area contributed by atoms with Gasteiger partial charge in [-0.1, -0.05) is 18.6 Å². The van der Waals surface area contributed by atoms with Gasteiger partial charge in [0.25, 0.3) is 0 Å². The highest BCUT2D eigenvalue weighted by atomic mass is 16.5. The Hall–Kier alpha value is -1.06. The largest absolute Gasteiger partial charge is 0.492 e. The van der Waals surface area contributed by atoms with Crippen molar-refractivity contribution in [3.63, 3.8) is 0 Å². The summed E-state index contributed by atoms with van der Waals surface area (Å²) in [5.74, 6) is 1.91. The third-order valence-electron chi connectivity index (χ3n) is 3.84. The molecule has 0 unspecified atom stereocenters. The fraction of sp³-hybridized carbons (Fsp3) is 0.625. The molecule has 0 heterocycles. The third kappa shape index (κ3) is 4.84. The first-order chi connectivity index (χ1) is 9.28. The normalized spacial score (nSPS) is 15.5. The molecular formula is C16H26N2O. The Balaban J connectivity index is 1.63. The maximum atomic E-state index is 5.78. The minimum absolute atomic E-state index is 0.772. The molecule has 0 spiro atoms. The Morgan fingerprint density at radius 3 is 2.58 bits per heavy atom. The predicted molar refractivity (Wildman–Crippen MR) is 79.5 cm³/mol. The SMILES string of the molecule is CNCc1ccc(OCCN(C)CC2CCC2)cc1. The number of hydrogen-bond donors (Lipinski definition) is 1. The lowest BCUT2D eigenvalue weighted by molar-refractivity contribution is 0.177. The summed E-state index contributed by atoms with van der Waals surface area (Å²) in [6.45, 7) is 3.91. The molecule has 1 aromatic carbocycles. The molecule has 1 N–H and O–H groups in total. The fourth-order valence-electron chi connectivity index (χ4n) is 2.43. The molecule has 0 aliphatic heterocycles. The molecule has 1 aromatic rings. The van der Waals surface area contributed by atoms with E-state index in [1.165, 1.54) is 31.4 Å². The fourth-order valence-corrected chi connectivity index (χ4v) is 2.43. The zero-order valence-electron chi connectivity index (χ0n) is 12.2. The summed E-state index contributed by atoms with van der Waals surface area (Å²) in [6.07, 6.45) is 4.25. The lowest BCUT2D eigenvalue weighted by Crippen LogP contribution is -2.32. The van der Waals surface area contributed by atoms with Crippen LogP contribution in [-0.2, 0) is 6.54 Å². The lowest BCUT2D eigenvalue weighted by atomic mass is 9.85. The lowest BCUT2D eigenvalue weighted by Gasteiger charge is -2.30. The first kappa shape index (κ1) is 14.4. The highest BCUT2D eigenvalue weighted by Gasteiger charge is 2.18. The van der Waals surface area contributed by atoms with Gasteiger partial charge in [0, 0.05) is 19.6 Å². The van der Waals surface area contributed by atoms with Crippen molar-refractivity contribution in [1.29, 1.82) is 0 Å². The van der Waals surface area contributed by atoms with E-state index in [0.717, 1.165) is 31.4 Å². The highest BCUT2D eigenvalue weighted by molar-refractivity contribution is 5.27. The molecule has 1 aliphatic carbocycles. The van der Waals surface area contributed by atoms with Gasteiger partial charge in [-0.3, -0.25) is 0 Å². The van der Waals surface area contributed by atoms with Crippen LogP contribution in [0.5, 0.6) is 5.75 Å². The van der Waals surface area contributed by atoms with Gasteiger partial charge in [0.2, 0.25) is 0 Å². The van der Waals surface area contributed by atoms with Gasteiger partial charge in [0.1, 0.15) is 12.4 Å². The van der Waals surface area contributed by atoms with E-state index in [-0.39, 0.29) is 0 Å². The molecule has 106 valence electrons. The van der Waals surface area contributed by atoms with Crippen LogP contribution in [-0.4, -0.2) is 38.7 Å². The van der Waals surface area contributed by atoms with Crippen molar-refractivity contribution in [2.45, 2.75) is 25.8 Å². The first-order valence-corrected chi connectivity index (χ1v) is 7.33. The standard InChI is InChI=1S/C16H26N2O/c1-17-12-14-6-8-16(9-7-14)19-11-10-18(2)13-15-4-3-5-15/h6-9,15,17H,3-5,10-13H2,1-2H3. The molecule has 1 saturated carbocycles. The van der Waals surface area contributed by atoms with Gasteiger partial charge in [-0.2, -0.15) is 0 Å². The van der Waals surface area contributed by atoms with Crippen molar-refractivity contribution < 1.29 is 4.74 Å². The topological polar surface area (TPSA) is 24.5 Å². The van der Waals surface area contributed by atoms with E-state index < -0.39 is 0 Å². The van der Waals surface area contributed by atoms with E-state index in [0.29, 0.717) is 0 Å². The van der Waals surface area contributed by atoms with Gasteiger partial charge < -0.3 is 15.0 Å². The van der Waals surface area contributed by atoms with E-state index in [2.05, 4.69) is 41.5 Å². The molecule has 2 rings (SSSR count). The summed E-state index contributed by atoms with van der Waals surface area (Å²) in [5, 5.41) is 3.14. The van der Waals surface area contributed by atoms with Crippen molar-refractivity contribution in [3.8, 4) is 5.75 Å². The van der Waals surface area contributed by atoms with Crippen LogP contribution < -0.4 is 10.1 Å². The van der Waals surface area contributed by atoms with Crippen LogP contribution in [0.15, 0.2) is 24.3 Å². The number of nitrogens with one attached hydrogen (secondary N) is 1. The second-order valence-corrected chi connectivity index (χ2v) is 5.58. The van der Waals surface area contributed by atoms with Gasteiger partial charge >= 0.3 is 0 Å². The second-order valence-electron chi connectivity index (χ2n) is 5.58. The number of ether oxygens (including phenoxy) is 1. The first-order valence-electron chi connectivity index (χ1n) is 7.33. The van der Waals surface area contributed by atoms with Crippen molar-refractivity contribution in [1.82, 2.24) is 10.2 Å². The summed E-state index contributed by atoms with van der Waals surface area (Å²) in [4.78, 5) is 2.39. The predicted octanol–water partition coefficient (Wildman–Crippen LogP) is 2.52. The molecule has 0 aromatic heterocycles. The number of hydrogen-bond acceptors (Lipinski definition) is 3. The highest BCUT2D eigenvalue weighted by Crippen LogP contribution is 2.26. The Morgan fingerprint density at radius 2 is 2.00 bits per heavy atom. The maximum Gasteiger partial charge on any atom is 0.119 e. The van der Waals surface area contributed by atoms with Crippen LogP contribution in [0.25, 0.3) is 0 Å². The second kappa shape index (κ2) is 7.51. The van der Waals surface area contributed by atoms with Crippen LogP contribution in [0.1, 0.15) is 24.8 Å². The summed E-state index contributed by atoms with van der Waals surface area (Å²) in [7, 11) is 4.15. The summed E-state index contributed by atoms with van der Waals surface area (Å²) >= 11 is 0. The average molecular weight is 262 g/mol. The molecule has 1 aliphatic rings. The molecule has 0 atom stereocenters. The van der Waals surface area contributed by atoms with Gasteiger partial charge in [0.05, 0.1) is 0 Å². The smallest absolute Gasteiger partial charge is 0.119 e. The van der Waals surface area contributed by atoms with E-state index in [4.69, 9.17) is 4.74 Å². The Kier molecular flexibility index (Phi) is 5.67. The van der Waals surface area contributed by atoms with Crippen molar-refractivity contribution in [2.24, 2.45) is 5.92 Å². The van der Waals surface area contributed by atoms with Crippen molar-refractivity contribution in [2.75, 3.05) is 33.8 Å². The van der Waals surface area contributed by atoms with Gasteiger partial charge in [0.15, 0.2) is 0 Å². The van der Waals surface area contributed by atoms with Gasteiger partial charge in [-0.05, 0) is 50.6 Å². The Bertz CT molecular complexity index is 360. The van der Waals surface area contributed by atoms with Crippen LogP contribution >= 0.6 is 0 Å². The van der Waals surface area contributed by atoms with E-state index in [9.17, 15) is 0 Å². The quantitative estimate of drug-likeness (QED) is 0.779. The van der Waals surface area contributed by atoms with Crippen molar-refractivity contribution in [3.05, 3.63) is 29.8 Å². The maximum absolute atomic E-state index is 5.78. The monoisotopic (exact) mass is 262 g/mol. The molecule has 0 bridgehead atoms. The summed E-state index contributed by atoms with van der Waals surface area (Å²) in [5.41, 5.74) is 1.29. The molecule has 0 radical (unpaired) electrons. The van der Waals surface area contributed by atoms with E-state index in [1.54, 1.807) is 0 Å². The van der Waals surface area contributed by atoms with Crippen molar-refractivity contribution >= 4 is 0 Å². The molecule has 3 heteroatoms. The molecule has 1 fully saturated rings. The van der Waals surface area contributed by atoms with Crippen LogP contribution in [0, 0.1) is 5.92 Å². The minimum atomic E-state index is 0.772. The third-order valence-corrected chi connectivity index (χ3v) is 3.84. The van der Waals surface area contributed by atoms with E-state index >= 15 is 0 Å². The number of likely N-dealkylation sites (N-methyl/N-ethyl adjacent to an activating group) is 1. The average Bonchev–Trinajstić information content (AvgIpc) is 2.36. The van der Waals surface area contributed by atoms with Crippen LogP contribution in [0.4, 0.5) is 0 Å². The van der Waals surface area contributed by atoms with Gasteiger partial charge in [-0.15, -0.1) is 0 Å². The zero-order valence-corrected chi connectivity index (χ0v) is 12.2. The molecule has 19 heavy (non-hydrogen) atoms. The van der Waals surface area contributed by atoms with E-state index in [1.807, 2.05) is 7.05 Å². The number of nitrogens with zero attached hydrogens (tertiary/aromatic N) is 1.